The van der Waals surface area contributed by atoms with Crippen molar-refractivity contribution in [3.05, 3.63) is 11.9 Å². The first-order valence-electron chi connectivity index (χ1n) is 6.98. The normalized spacial score (nSPS) is 23.3. The van der Waals surface area contributed by atoms with E-state index in [1.165, 1.54) is 0 Å². The lowest BCUT2D eigenvalue weighted by atomic mass is 9.95. The van der Waals surface area contributed by atoms with E-state index in [1.54, 1.807) is 0 Å². The maximum absolute atomic E-state index is 6.13. The summed E-state index contributed by atoms with van der Waals surface area (Å²) < 4.78 is 1.83. The van der Waals surface area contributed by atoms with Crippen molar-refractivity contribution in [3.8, 4) is 11.4 Å². The Kier molecular flexibility index (Phi) is 3.21. The molecule has 1 aliphatic heterocycles. The van der Waals surface area contributed by atoms with Crippen molar-refractivity contribution in [1.82, 2.24) is 25.0 Å². The molecule has 0 radical (unpaired) electrons. The summed E-state index contributed by atoms with van der Waals surface area (Å²) in [5.41, 5.74) is 8.18. The molecule has 2 aromatic rings. The molecule has 108 valence electrons. The van der Waals surface area contributed by atoms with Crippen LogP contribution in [0.3, 0.4) is 0 Å². The lowest BCUT2D eigenvalue weighted by molar-refractivity contribution is 0.376. The van der Waals surface area contributed by atoms with E-state index < -0.39 is 0 Å². The molecular weight excluding hydrogens is 254 g/mol. The number of nitrogens with one attached hydrogen (secondary N) is 1. The van der Waals surface area contributed by atoms with Gasteiger partial charge in [0, 0.05) is 31.9 Å². The van der Waals surface area contributed by atoms with Crippen LogP contribution < -0.4 is 10.6 Å². The maximum atomic E-state index is 6.13. The molecule has 0 saturated carbocycles. The van der Waals surface area contributed by atoms with E-state index in [2.05, 4.69) is 32.1 Å². The van der Waals surface area contributed by atoms with Crippen LogP contribution in [0, 0.1) is 12.8 Å². The lowest BCUT2D eigenvalue weighted by Crippen LogP contribution is -2.48. The number of hydrogen-bond donors (Lipinski definition) is 2. The van der Waals surface area contributed by atoms with Gasteiger partial charge in [-0.1, -0.05) is 6.92 Å². The molecule has 2 atom stereocenters. The fourth-order valence-corrected chi connectivity index (χ4v) is 2.53. The smallest absolute Gasteiger partial charge is 0.245 e. The van der Waals surface area contributed by atoms with Crippen molar-refractivity contribution in [2.75, 3.05) is 18.0 Å². The fourth-order valence-electron chi connectivity index (χ4n) is 2.53. The van der Waals surface area contributed by atoms with Crippen molar-refractivity contribution in [2.24, 2.45) is 18.7 Å². The largest absolute Gasteiger partial charge is 0.338 e. The molecule has 2 unspecified atom stereocenters. The summed E-state index contributed by atoms with van der Waals surface area (Å²) in [6, 6.07) is 0.186. The summed E-state index contributed by atoms with van der Waals surface area (Å²) in [7, 11) is 1.92. The highest BCUT2D eigenvalue weighted by Gasteiger charge is 2.25. The second-order valence-electron chi connectivity index (χ2n) is 5.63. The predicted molar refractivity (Wildman–Crippen MR) is 77.3 cm³/mol. The van der Waals surface area contributed by atoms with Crippen LogP contribution in [0.4, 0.5) is 5.95 Å². The quantitative estimate of drug-likeness (QED) is 0.841. The van der Waals surface area contributed by atoms with E-state index in [1.807, 2.05) is 24.9 Å². The molecular formula is C13H21N7. The van der Waals surface area contributed by atoms with E-state index in [9.17, 15) is 0 Å². The van der Waals surface area contributed by atoms with Crippen molar-refractivity contribution < 1.29 is 0 Å². The Hall–Kier alpha value is -1.89. The van der Waals surface area contributed by atoms with Gasteiger partial charge in [0.05, 0.1) is 11.8 Å². The molecule has 1 saturated heterocycles. The average molecular weight is 275 g/mol. The highest BCUT2D eigenvalue weighted by molar-refractivity contribution is 5.58. The Morgan fingerprint density at radius 1 is 1.45 bits per heavy atom. The minimum absolute atomic E-state index is 0.186. The van der Waals surface area contributed by atoms with Gasteiger partial charge < -0.3 is 10.6 Å². The molecule has 3 rings (SSSR count). The number of rotatable bonds is 2. The van der Waals surface area contributed by atoms with Gasteiger partial charge in [-0.3, -0.25) is 9.78 Å². The van der Waals surface area contributed by atoms with Gasteiger partial charge in [-0.25, -0.2) is 0 Å². The number of hydrogen-bond acceptors (Lipinski definition) is 5. The van der Waals surface area contributed by atoms with E-state index in [-0.39, 0.29) is 6.04 Å². The molecule has 1 fully saturated rings. The van der Waals surface area contributed by atoms with Crippen molar-refractivity contribution in [2.45, 2.75) is 26.3 Å². The standard InChI is InChI=1S/C13H21N7/c1-8-4-5-20(7-11(8)14)13-16-12(17-18-13)10-6-15-19(3)9(10)2/h6,8,11H,4-5,7,14H2,1-3H3,(H,16,17,18). The summed E-state index contributed by atoms with van der Waals surface area (Å²) >= 11 is 0. The number of anilines is 1. The first-order valence-corrected chi connectivity index (χ1v) is 6.98. The highest BCUT2D eigenvalue weighted by atomic mass is 15.4. The highest BCUT2D eigenvalue weighted by Crippen LogP contribution is 2.23. The van der Waals surface area contributed by atoms with Gasteiger partial charge >= 0.3 is 0 Å². The number of nitrogens with zero attached hydrogens (tertiary/aromatic N) is 5. The van der Waals surface area contributed by atoms with Crippen LogP contribution in [0.25, 0.3) is 11.4 Å². The Morgan fingerprint density at radius 3 is 2.90 bits per heavy atom. The van der Waals surface area contributed by atoms with Gasteiger partial charge in [-0.2, -0.15) is 10.1 Å². The Labute approximate surface area is 118 Å². The zero-order chi connectivity index (χ0) is 14.3. The number of piperidine rings is 1. The van der Waals surface area contributed by atoms with Crippen molar-refractivity contribution in [1.29, 1.82) is 0 Å². The molecule has 3 heterocycles. The van der Waals surface area contributed by atoms with Crippen LogP contribution in [0.5, 0.6) is 0 Å². The lowest BCUT2D eigenvalue weighted by Gasteiger charge is -2.34. The topological polar surface area (TPSA) is 88.7 Å². The van der Waals surface area contributed by atoms with Crippen molar-refractivity contribution >= 4 is 5.95 Å². The molecule has 0 bridgehead atoms. The minimum Gasteiger partial charge on any atom is -0.338 e. The molecule has 1 aliphatic rings. The van der Waals surface area contributed by atoms with Gasteiger partial charge in [-0.05, 0) is 19.3 Å². The number of nitrogens with two attached hydrogens (primary N) is 1. The van der Waals surface area contributed by atoms with Crippen LogP contribution in [0.1, 0.15) is 19.0 Å². The zero-order valence-electron chi connectivity index (χ0n) is 12.2. The van der Waals surface area contributed by atoms with E-state index in [4.69, 9.17) is 5.73 Å². The zero-order valence-corrected chi connectivity index (χ0v) is 12.2. The molecule has 0 aliphatic carbocycles. The number of aromatic amines is 1. The molecule has 7 heteroatoms. The second kappa shape index (κ2) is 4.90. The first kappa shape index (κ1) is 13.1. The summed E-state index contributed by atoms with van der Waals surface area (Å²) in [6.07, 6.45) is 2.89. The van der Waals surface area contributed by atoms with Crippen LogP contribution in [0.15, 0.2) is 6.20 Å². The van der Waals surface area contributed by atoms with Gasteiger partial charge in [-0.15, -0.1) is 5.10 Å². The van der Waals surface area contributed by atoms with Crippen LogP contribution in [-0.4, -0.2) is 44.1 Å². The van der Waals surface area contributed by atoms with Crippen molar-refractivity contribution in [3.63, 3.8) is 0 Å². The molecule has 0 spiro atoms. The van der Waals surface area contributed by atoms with Gasteiger partial charge in [0.25, 0.3) is 0 Å². The molecule has 0 amide bonds. The third kappa shape index (κ3) is 2.18. The number of aromatic nitrogens is 5. The maximum Gasteiger partial charge on any atom is 0.245 e. The third-order valence-corrected chi connectivity index (χ3v) is 4.26. The van der Waals surface area contributed by atoms with E-state index in [0.717, 1.165) is 42.5 Å². The monoisotopic (exact) mass is 275 g/mol. The van der Waals surface area contributed by atoms with Gasteiger partial charge in [0.15, 0.2) is 5.82 Å². The summed E-state index contributed by atoms with van der Waals surface area (Å²) in [5.74, 6) is 2.05. The SMILES string of the molecule is Cc1c(-c2nc(N3CCC(C)C(N)C3)n[nH]2)cnn1C. The predicted octanol–water partition coefficient (Wildman–Crippen LogP) is 0.687. The third-order valence-electron chi connectivity index (χ3n) is 4.26. The summed E-state index contributed by atoms with van der Waals surface area (Å²) in [4.78, 5) is 6.74. The minimum atomic E-state index is 0.186. The van der Waals surface area contributed by atoms with Gasteiger partial charge in [0.2, 0.25) is 5.95 Å². The molecule has 20 heavy (non-hydrogen) atoms. The Balaban J connectivity index is 1.82. The number of aryl methyl sites for hydroxylation is 1. The van der Waals surface area contributed by atoms with E-state index in [0.29, 0.717) is 5.92 Å². The van der Waals surface area contributed by atoms with Crippen LogP contribution >= 0.6 is 0 Å². The Morgan fingerprint density at radius 2 is 2.25 bits per heavy atom. The summed E-state index contributed by atoms with van der Waals surface area (Å²) in [5, 5.41) is 11.6. The first-order chi connectivity index (χ1) is 9.56. The molecule has 2 aromatic heterocycles. The summed E-state index contributed by atoms with van der Waals surface area (Å²) in [6.45, 7) is 5.98. The van der Waals surface area contributed by atoms with E-state index >= 15 is 0 Å². The van der Waals surface area contributed by atoms with Gasteiger partial charge in [0.1, 0.15) is 0 Å². The molecule has 3 N–H and O–H groups in total. The van der Waals surface area contributed by atoms with Crippen LogP contribution in [-0.2, 0) is 7.05 Å². The molecule has 7 nitrogen and oxygen atoms in total. The fraction of sp³-hybridized carbons (Fsp3) is 0.615. The number of H-pyrrole nitrogens is 1. The average Bonchev–Trinajstić information content (AvgIpc) is 3.02. The Bertz CT molecular complexity index is 600. The molecule has 0 aromatic carbocycles. The van der Waals surface area contributed by atoms with Crippen LogP contribution in [0.2, 0.25) is 0 Å². The second-order valence-corrected chi connectivity index (χ2v) is 5.63.